The van der Waals surface area contributed by atoms with Gasteiger partial charge in [-0.3, -0.25) is 14.5 Å². The minimum absolute atomic E-state index is 0.166. The molecule has 0 N–H and O–H groups in total. The molecule has 0 bridgehead atoms. The second-order valence-corrected chi connectivity index (χ2v) is 9.54. The standard InChI is InChI=1S/C27H30F2N8O2/c1-38-21-4-2-3-20-24(21)33-26(25(28)29)37(20)27-31-22(17-23(32-27)36-13-15-39-16-14-36)35-11-9-34(10-12-35)18-19-5-7-30-8-6-19/h2-8,17,25H,9-16,18H2,1H3. The van der Waals surface area contributed by atoms with Crippen molar-refractivity contribution in [3.63, 3.8) is 0 Å². The number of rotatable bonds is 7. The van der Waals surface area contributed by atoms with Crippen molar-refractivity contribution in [3.05, 3.63) is 60.2 Å². The second-order valence-electron chi connectivity index (χ2n) is 9.54. The van der Waals surface area contributed by atoms with Gasteiger partial charge in [0, 0.05) is 64.3 Å². The Bertz CT molecular complexity index is 1420. The van der Waals surface area contributed by atoms with E-state index >= 15 is 0 Å². The van der Waals surface area contributed by atoms with Crippen molar-refractivity contribution in [1.82, 2.24) is 29.4 Å². The van der Waals surface area contributed by atoms with Gasteiger partial charge in [0.25, 0.3) is 6.43 Å². The summed E-state index contributed by atoms with van der Waals surface area (Å²) in [4.78, 5) is 24.6. The molecule has 4 aromatic rings. The number of ether oxygens (including phenoxy) is 2. The molecule has 0 aliphatic carbocycles. The van der Waals surface area contributed by atoms with E-state index in [1.807, 2.05) is 30.6 Å². The molecule has 0 amide bonds. The van der Waals surface area contributed by atoms with Gasteiger partial charge >= 0.3 is 0 Å². The van der Waals surface area contributed by atoms with E-state index in [0.29, 0.717) is 54.7 Å². The lowest BCUT2D eigenvalue weighted by molar-refractivity contribution is 0.122. The van der Waals surface area contributed by atoms with Gasteiger partial charge in [0.05, 0.1) is 25.8 Å². The minimum Gasteiger partial charge on any atom is -0.494 e. The fourth-order valence-electron chi connectivity index (χ4n) is 5.12. The Kier molecular flexibility index (Phi) is 7.20. The van der Waals surface area contributed by atoms with Gasteiger partial charge in [0.15, 0.2) is 5.82 Å². The monoisotopic (exact) mass is 536 g/mol. The summed E-state index contributed by atoms with van der Waals surface area (Å²) in [5.41, 5.74) is 2.04. The number of methoxy groups -OCH3 is 1. The van der Waals surface area contributed by atoms with E-state index in [4.69, 9.17) is 19.4 Å². The fraction of sp³-hybridized carbons (Fsp3) is 0.407. The molecule has 5 heterocycles. The summed E-state index contributed by atoms with van der Waals surface area (Å²) in [6.07, 6.45) is 0.798. The van der Waals surface area contributed by atoms with Crippen LogP contribution < -0.4 is 14.5 Å². The molecule has 0 unspecified atom stereocenters. The van der Waals surface area contributed by atoms with Crippen LogP contribution in [0.25, 0.3) is 17.0 Å². The molecule has 2 aliphatic heterocycles. The van der Waals surface area contributed by atoms with Gasteiger partial charge in [-0.25, -0.2) is 13.8 Å². The van der Waals surface area contributed by atoms with Gasteiger partial charge < -0.3 is 19.3 Å². The molecule has 6 rings (SSSR count). The Morgan fingerprint density at radius 3 is 2.26 bits per heavy atom. The first-order valence-electron chi connectivity index (χ1n) is 13.0. The summed E-state index contributed by atoms with van der Waals surface area (Å²) in [5, 5.41) is 0. The highest BCUT2D eigenvalue weighted by Crippen LogP contribution is 2.33. The Morgan fingerprint density at radius 2 is 1.59 bits per heavy atom. The van der Waals surface area contributed by atoms with Crippen molar-refractivity contribution >= 4 is 22.7 Å². The molecular weight excluding hydrogens is 506 g/mol. The van der Waals surface area contributed by atoms with E-state index in [9.17, 15) is 8.78 Å². The van der Waals surface area contributed by atoms with Gasteiger partial charge in [0.2, 0.25) is 5.95 Å². The zero-order valence-corrected chi connectivity index (χ0v) is 21.7. The van der Waals surface area contributed by atoms with Crippen LogP contribution in [-0.2, 0) is 11.3 Å². The number of anilines is 2. The number of imidazole rings is 1. The Balaban J connectivity index is 1.37. The number of fused-ring (bicyclic) bond motifs is 1. The van der Waals surface area contributed by atoms with E-state index < -0.39 is 12.2 Å². The summed E-state index contributed by atoms with van der Waals surface area (Å²) in [7, 11) is 1.50. The molecule has 0 saturated carbocycles. The maximum atomic E-state index is 14.3. The molecule has 2 fully saturated rings. The van der Waals surface area contributed by atoms with Crippen LogP contribution in [-0.4, -0.2) is 89.0 Å². The molecule has 1 aromatic carbocycles. The number of piperazine rings is 1. The van der Waals surface area contributed by atoms with Crippen molar-refractivity contribution in [2.45, 2.75) is 13.0 Å². The third-order valence-corrected chi connectivity index (χ3v) is 7.16. The SMILES string of the molecule is COc1cccc2c1nc(C(F)F)n2-c1nc(N2CCOCC2)cc(N2CCN(Cc3ccncc3)CC2)n1. The summed E-state index contributed by atoms with van der Waals surface area (Å²) in [6.45, 7) is 6.54. The predicted molar refractivity (Wildman–Crippen MR) is 143 cm³/mol. The van der Waals surface area contributed by atoms with Crippen molar-refractivity contribution < 1.29 is 18.3 Å². The van der Waals surface area contributed by atoms with Crippen LogP contribution in [0.3, 0.4) is 0 Å². The van der Waals surface area contributed by atoms with Gasteiger partial charge in [-0.1, -0.05) is 6.07 Å². The lowest BCUT2D eigenvalue weighted by Gasteiger charge is -2.36. The molecule has 2 saturated heterocycles. The quantitative estimate of drug-likeness (QED) is 0.353. The molecule has 0 radical (unpaired) electrons. The number of alkyl halides is 2. The molecular formula is C27H30F2N8O2. The lowest BCUT2D eigenvalue weighted by Crippen LogP contribution is -2.46. The first-order chi connectivity index (χ1) is 19.1. The summed E-state index contributed by atoms with van der Waals surface area (Å²) in [5.74, 6) is 1.56. The first kappa shape index (κ1) is 25.4. The second kappa shape index (κ2) is 11.1. The number of para-hydroxylation sites is 1. The average molecular weight is 537 g/mol. The minimum atomic E-state index is -2.82. The molecule has 10 nitrogen and oxygen atoms in total. The van der Waals surface area contributed by atoms with E-state index in [-0.39, 0.29) is 5.95 Å². The molecule has 12 heteroatoms. The van der Waals surface area contributed by atoms with Crippen LogP contribution in [0.2, 0.25) is 0 Å². The van der Waals surface area contributed by atoms with Crippen molar-refractivity contribution in [2.24, 2.45) is 0 Å². The maximum Gasteiger partial charge on any atom is 0.296 e. The number of morpholine rings is 1. The van der Waals surface area contributed by atoms with Gasteiger partial charge in [-0.05, 0) is 29.8 Å². The number of hydrogen-bond acceptors (Lipinski definition) is 9. The van der Waals surface area contributed by atoms with Crippen LogP contribution >= 0.6 is 0 Å². The molecule has 0 spiro atoms. The summed E-state index contributed by atoms with van der Waals surface area (Å²) < 4.78 is 40.9. The number of aromatic nitrogens is 5. The highest BCUT2D eigenvalue weighted by atomic mass is 19.3. The van der Waals surface area contributed by atoms with Crippen LogP contribution in [0.4, 0.5) is 20.4 Å². The normalized spacial score (nSPS) is 16.8. The number of pyridine rings is 1. The largest absolute Gasteiger partial charge is 0.494 e. The number of nitrogens with zero attached hydrogens (tertiary/aromatic N) is 8. The van der Waals surface area contributed by atoms with Crippen LogP contribution in [0.1, 0.15) is 17.8 Å². The number of hydrogen-bond donors (Lipinski definition) is 0. The maximum absolute atomic E-state index is 14.3. The Morgan fingerprint density at radius 1 is 0.897 bits per heavy atom. The third-order valence-electron chi connectivity index (χ3n) is 7.16. The molecule has 3 aromatic heterocycles. The highest BCUT2D eigenvalue weighted by molar-refractivity contribution is 5.84. The molecule has 39 heavy (non-hydrogen) atoms. The van der Waals surface area contributed by atoms with E-state index in [1.165, 1.54) is 17.2 Å². The van der Waals surface area contributed by atoms with Crippen LogP contribution in [0.5, 0.6) is 5.75 Å². The zero-order chi connectivity index (χ0) is 26.8. The van der Waals surface area contributed by atoms with Crippen molar-refractivity contribution in [1.29, 1.82) is 0 Å². The van der Waals surface area contributed by atoms with Gasteiger partial charge in [-0.15, -0.1) is 0 Å². The molecule has 2 aliphatic rings. The number of halogens is 2. The molecule has 0 atom stereocenters. The van der Waals surface area contributed by atoms with E-state index in [2.05, 4.69) is 24.7 Å². The average Bonchev–Trinajstić information content (AvgIpc) is 3.39. The van der Waals surface area contributed by atoms with Gasteiger partial charge in [0.1, 0.15) is 22.9 Å². The zero-order valence-electron chi connectivity index (χ0n) is 21.7. The highest BCUT2D eigenvalue weighted by Gasteiger charge is 2.27. The van der Waals surface area contributed by atoms with Crippen molar-refractivity contribution in [2.75, 3.05) is 69.4 Å². The van der Waals surface area contributed by atoms with Gasteiger partial charge in [-0.2, -0.15) is 9.97 Å². The summed E-state index contributed by atoms with van der Waals surface area (Å²) >= 11 is 0. The topological polar surface area (TPSA) is 84.7 Å². The summed E-state index contributed by atoms with van der Waals surface area (Å²) in [6, 6.07) is 11.2. The van der Waals surface area contributed by atoms with Crippen molar-refractivity contribution in [3.8, 4) is 11.7 Å². The van der Waals surface area contributed by atoms with Crippen LogP contribution in [0.15, 0.2) is 48.8 Å². The molecule has 204 valence electrons. The third kappa shape index (κ3) is 5.21. The van der Waals surface area contributed by atoms with E-state index in [1.54, 1.807) is 18.2 Å². The predicted octanol–water partition coefficient (Wildman–Crippen LogP) is 3.32. The first-order valence-corrected chi connectivity index (χ1v) is 13.0. The Hall–Kier alpha value is -3.90. The van der Waals surface area contributed by atoms with Crippen LogP contribution in [0, 0.1) is 0 Å². The lowest BCUT2D eigenvalue weighted by atomic mass is 10.2. The number of benzene rings is 1. The Labute approximate surface area is 224 Å². The van der Waals surface area contributed by atoms with E-state index in [0.717, 1.165) is 32.7 Å². The smallest absolute Gasteiger partial charge is 0.296 e. The fourth-order valence-corrected chi connectivity index (χ4v) is 5.12.